The zero-order valence-corrected chi connectivity index (χ0v) is 12.0. The molecule has 8 heteroatoms. The van der Waals surface area contributed by atoms with Gasteiger partial charge >= 0.3 is 5.97 Å². The third-order valence-electron chi connectivity index (χ3n) is 2.63. The van der Waals surface area contributed by atoms with Crippen LogP contribution in [-0.4, -0.2) is 33.5 Å². The number of nitrogen functional groups attached to an aromatic ring is 1. The number of nitrogens with two attached hydrogens (primary N) is 1. The predicted octanol–water partition coefficient (Wildman–Crippen LogP) is 1.67. The number of carbonyl (C=O) groups excluding carboxylic acids is 1. The van der Waals surface area contributed by atoms with Crippen LogP contribution in [0.25, 0.3) is 0 Å². The van der Waals surface area contributed by atoms with Crippen molar-refractivity contribution in [3.8, 4) is 0 Å². The number of aromatic nitrogens is 3. The van der Waals surface area contributed by atoms with Crippen molar-refractivity contribution in [2.24, 2.45) is 0 Å². The van der Waals surface area contributed by atoms with Gasteiger partial charge in [-0.3, -0.25) is 0 Å². The minimum absolute atomic E-state index is 0.210. The largest absolute Gasteiger partial charge is 0.462 e. The first-order valence-electron chi connectivity index (χ1n) is 6.36. The van der Waals surface area contributed by atoms with Gasteiger partial charge in [0.15, 0.2) is 5.82 Å². The van der Waals surface area contributed by atoms with Crippen LogP contribution in [0.2, 0.25) is 0 Å². The zero-order valence-electron chi connectivity index (χ0n) is 11.2. The molecule has 0 unspecified atom stereocenters. The van der Waals surface area contributed by atoms with Gasteiger partial charge in [0.1, 0.15) is 16.4 Å². The molecule has 2 rings (SSSR count). The molecule has 0 saturated carbocycles. The summed E-state index contributed by atoms with van der Waals surface area (Å²) in [6, 6.07) is 0. The number of rotatable bonds is 7. The van der Waals surface area contributed by atoms with Crippen LogP contribution < -0.4 is 11.1 Å². The molecule has 0 bridgehead atoms. The number of ether oxygens (including phenoxy) is 1. The van der Waals surface area contributed by atoms with Crippen molar-refractivity contribution in [3.05, 3.63) is 23.8 Å². The maximum Gasteiger partial charge on any atom is 0.344 e. The zero-order chi connectivity index (χ0) is 14.4. The second-order valence-electron chi connectivity index (χ2n) is 4.06. The van der Waals surface area contributed by atoms with E-state index in [1.807, 2.05) is 0 Å². The molecule has 2 heterocycles. The Balaban J connectivity index is 1.88. The van der Waals surface area contributed by atoms with E-state index in [1.54, 1.807) is 19.3 Å². The summed E-state index contributed by atoms with van der Waals surface area (Å²) in [5.41, 5.74) is 6.03. The molecule has 0 amide bonds. The van der Waals surface area contributed by atoms with Gasteiger partial charge in [-0.25, -0.2) is 9.78 Å². The molecule has 20 heavy (non-hydrogen) atoms. The molecule has 4 N–H and O–H groups in total. The predicted molar refractivity (Wildman–Crippen MR) is 77.9 cm³/mol. The lowest BCUT2D eigenvalue weighted by Gasteiger charge is -2.06. The highest BCUT2D eigenvalue weighted by Crippen LogP contribution is 2.27. The van der Waals surface area contributed by atoms with Gasteiger partial charge in [-0.1, -0.05) is 0 Å². The van der Waals surface area contributed by atoms with Crippen LogP contribution in [0.5, 0.6) is 0 Å². The molecule has 0 spiro atoms. The first-order chi connectivity index (χ1) is 9.72. The Labute approximate surface area is 120 Å². The molecule has 0 atom stereocenters. The summed E-state index contributed by atoms with van der Waals surface area (Å²) in [5, 5.41) is 3.82. The van der Waals surface area contributed by atoms with Gasteiger partial charge in [0, 0.05) is 25.4 Å². The monoisotopic (exact) mass is 295 g/mol. The highest BCUT2D eigenvalue weighted by Gasteiger charge is 2.20. The number of hydrogen-bond donors (Lipinski definition) is 3. The van der Waals surface area contributed by atoms with Crippen molar-refractivity contribution in [1.82, 2.24) is 14.3 Å². The number of imidazole rings is 1. The lowest BCUT2D eigenvalue weighted by Crippen LogP contribution is -2.11. The molecule has 2 aromatic heterocycles. The normalized spacial score (nSPS) is 10.4. The lowest BCUT2D eigenvalue weighted by molar-refractivity contribution is 0.0529. The summed E-state index contributed by atoms with van der Waals surface area (Å²) in [7, 11) is 0. The van der Waals surface area contributed by atoms with Crippen molar-refractivity contribution in [3.63, 3.8) is 0 Å². The molecule has 0 radical (unpaired) electrons. The highest BCUT2D eigenvalue weighted by atomic mass is 32.1. The highest BCUT2D eigenvalue weighted by molar-refractivity contribution is 7.11. The standard InChI is InChI=1S/C12H17N5O2S/c1-2-19-12(18)9-10(13)17-20-11(9)16-5-3-4-8-14-6-7-15-8/h6-7,16H,2-5H2,1H3,(H2,13,17)(H,14,15). The smallest absolute Gasteiger partial charge is 0.344 e. The van der Waals surface area contributed by atoms with Gasteiger partial charge in [-0.15, -0.1) is 0 Å². The average Bonchev–Trinajstić information content (AvgIpc) is 3.05. The van der Waals surface area contributed by atoms with Crippen LogP contribution >= 0.6 is 11.5 Å². The average molecular weight is 295 g/mol. The number of nitrogens with one attached hydrogen (secondary N) is 2. The Morgan fingerprint density at radius 3 is 3.15 bits per heavy atom. The van der Waals surface area contributed by atoms with Crippen molar-refractivity contribution in [1.29, 1.82) is 0 Å². The third kappa shape index (κ3) is 3.47. The molecule has 0 saturated heterocycles. The van der Waals surface area contributed by atoms with Gasteiger partial charge in [-0.05, 0) is 24.9 Å². The van der Waals surface area contributed by atoms with Crippen LogP contribution in [-0.2, 0) is 11.2 Å². The maximum absolute atomic E-state index is 11.8. The van der Waals surface area contributed by atoms with Gasteiger partial charge in [0.2, 0.25) is 0 Å². The van der Waals surface area contributed by atoms with E-state index >= 15 is 0 Å². The molecule has 0 aliphatic heterocycles. The summed E-state index contributed by atoms with van der Waals surface area (Å²) in [6.45, 7) is 2.77. The number of hydrogen-bond acceptors (Lipinski definition) is 7. The fraction of sp³-hybridized carbons (Fsp3) is 0.417. The minimum atomic E-state index is -0.438. The van der Waals surface area contributed by atoms with E-state index in [0.29, 0.717) is 23.7 Å². The van der Waals surface area contributed by atoms with Crippen LogP contribution in [0.3, 0.4) is 0 Å². The van der Waals surface area contributed by atoms with Crippen molar-refractivity contribution >= 4 is 28.3 Å². The fourth-order valence-corrected chi connectivity index (χ4v) is 2.44. The quantitative estimate of drug-likeness (QED) is 0.530. The molecule has 0 aliphatic rings. The van der Waals surface area contributed by atoms with Crippen LogP contribution in [0.1, 0.15) is 29.5 Å². The number of carbonyl (C=O) groups is 1. The number of H-pyrrole nitrogens is 1. The molecule has 0 aromatic carbocycles. The third-order valence-corrected chi connectivity index (χ3v) is 3.45. The maximum atomic E-state index is 11.8. The number of anilines is 2. The molecule has 7 nitrogen and oxygen atoms in total. The Bertz CT molecular complexity index is 552. The number of aryl methyl sites for hydroxylation is 1. The van der Waals surface area contributed by atoms with Crippen molar-refractivity contribution in [2.75, 3.05) is 24.2 Å². The van der Waals surface area contributed by atoms with Gasteiger partial charge in [-0.2, -0.15) is 4.37 Å². The summed E-state index contributed by atoms with van der Waals surface area (Å²) >= 11 is 1.17. The Morgan fingerprint density at radius 1 is 1.60 bits per heavy atom. The van der Waals surface area contributed by atoms with E-state index in [9.17, 15) is 4.79 Å². The number of aromatic amines is 1. The summed E-state index contributed by atoms with van der Waals surface area (Å²) < 4.78 is 8.95. The molecular formula is C12H17N5O2S. The van der Waals surface area contributed by atoms with Gasteiger partial charge in [0.05, 0.1) is 6.61 Å². The van der Waals surface area contributed by atoms with Crippen molar-refractivity contribution < 1.29 is 9.53 Å². The number of nitrogens with zero attached hydrogens (tertiary/aromatic N) is 2. The Kier molecular flexibility index (Phi) is 4.94. The molecule has 0 aliphatic carbocycles. The summed E-state index contributed by atoms with van der Waals surface area (Å²) in [5.74, 6) is 0.718. The van der Waals surface area contributed by atoms with E-state index in [4.69, 9.17) is 10.5 Å². The molecule has 2 aromatic rings. The van der Waals surface area contributed by atoms with E-state index in [2.05, 4.69) is 19.7 Å². The minimum Gasteiger partial charge on any atom is -0.462 e. The van der Waals surface area contributed by atoms with E-state index in [0.717, 1.165) is 18.7 Å². The van der Waals surface area contributed by atoms with Crippen LogP contribution in [0.15, 0.2) is 12.4 Å². The van der Waals surface area contributed by atoms with E-state index in [1.165, 1.54) is 11.5 Å². The SMILES string of the molecule is CCOC(=O)c1c(N)nsc1NCCCc1ncc[nH]1. The summed E-state index contributed by atoms with van der Waals surface area (Å²) in [6.07, 6.45) is 5.24. The number of esters is 1. The Morgan fingerprint density at radius 2 is 2.45 bits per heavy atom. The van der Waals surface area contributed by atoms with E-state index in [-0.39, 0.29) is 5.82 Å². The topological polar surface area (TPSA) is 106 Å². The first-order valence-corrected chi connectivity index (χ1v) is 7.14. The lowest BCUT2D eigenvalue weighted by atomic mass is 10.3. The van der Waals surface area contributed by atoms with E-state index < -0.39 is 5.97 Å². The molecule has 0 fully saturated rings. The van der Waals surface area contributed by atoms with Crippen LogP contribution in [0.4, 0.5) is 10.8 Å². The fourth-order valence-electron chi connectivity index (χ4n) is 1.72. The first kappa shape index (κ1) is 14.3. The van der Waals surface area contributed by atoms with Crippen LogP contribution in [0, 0.1) is 0 Å². The summed E-state index contributed by atoms with van der Waals surface area (Å²) in [4.78, 5) is 19.0. The van der Waals surface area contributed by atoms with Gasteiger partial charge in [0.25, 0.3) is 0 Å². The molecular weight excluding hydrogens is 278 g/mol. The second-order valence-corrected chi connectivity index (χ2v) is 4.83. The second kappa shape index (κ2) is 6.90. The molecule has 108 valence electrons. The van der Waals surface area contributed by atoms with Crippen molar-refractivity contribution in [2.45, 2.75) is 19.8 Å². The Hall–Kier alpha value is -2.09. The van der Waals surface area contributed by atoms with Gasteiger partial charge < -0.3 is 20.8 Å².